The van der Waals surface area contributed by atoms with Gasteiger partial charge < -0.3 is 4.90 Å². The fourth-order valence-electron chi connectivity index (χ4n) is 4.86. The van der Waals surface area contributed by atoms with Crippen molar-refractivity contribution in [1.29, 1.82) is 0 Å². The summed E-state index contributed by atoms with van der Waals surface area (Å²) in [6.07, 6.45) is 7.36. The van der Waals surface area contributed by atoms with Gasteiger partial charge in [0.2, 0.25) is 0 Å². The molecule has 0 atom stereocenters. The Morgan fingerprint density at radius 2 is 1.91 bits per heavy atom. The molecule has 0 radical (unpaired) electrons. The number of aromatic nitrogens is 1. The van der Waals surface area contributed by atoms with Gasteiger partial charge in [-0.25, -0.2) is 4.99 Å². The molecule has 6 rings (SSSR count). The van der Waals surface area contributed by atoms with Gasteiger partial charge in [-0.15, -0.1) is 0 Å². The molecule has 3 aliphatic rings. The van der Waals surface area contributed by atoms with Gasteiger partial charge in [0.05, 0.1) is 21.9 Å². The highest BCUT2D eigenvalue weighted by Crippen LogP contribution is 2.51. The van der Waals surface area contributed by atoms with E-state index in [9.17, 15) is 4.79 Å². The molecule has 5 nitrogen and oxygen atoms in total. The number of anilines is 1. The van der Waals surface area contributed by atoms with Crippen molar-refractivity contribution in [3.8, 4) is 0 Å². The first kappa shape index (κ1) is 22.0. The van der Waals surface area contributed by atoms with E-state index in [4.69, 9.17) is 16.6 Å². The van der Waals surface area contributed by atoms with E-state index in [0.717, 1.165) is 68.0 Å². The topological polar surface area (TPSA) is 48.8 Å². The number of halogens is 1. The standard InChI is InChI=1S/C26H23ClN4OS2/c1-30-21-15-16(27)12-13-22(21)33-25(30)23-24(32)31(17-7-3-2-4-8-17)26(34-23)29-20-11-5-10-19-18(20)9-6-14-28-19/h5-6,9-15,17H,2-4,7-8H2,1H3/b25-23-,29-26?. The van der Waals surface area contributed by atoms with E-state index >= 15 is 0 Å². The summed E-state index contributed by atoms with van der Waals surface area (Å²) in [6.45, 7) is 0. The summed E-state index contributed by atoms with van der Waals surface area (Å²) in [5.74, 6) is 0.0577. The van der Waals surface area contributed by atoms with Crippen LogP contribution in [0.25, 0.3) is 10.9 Å². The summed E-state index contributed by atoms with van der Waals surface area (Å²) in [7, 11) is 2.00. The quantitative estimate of drug-likeness (QED) is 0.344. The Morgan fingerprint density at radius 3 is 2.76 bits per heavy atom. The van der Waals surface area contributed by atoms with Gasteiger partial charge in [-0.05, 0) is 67.1 Å². The second-order valence-corrected chi connectivity index (χ2v) is 11.2. The molecule has 0 bridgehead atoms. The van der Waals surface area contributed by atoms with Crippen LogP contribution in [0.1, 0.15) is 32.1 Å². The first-order valence-electron chi connectivity index (χ1n) is 11.5. The molecule has 0 spiro atoms. The molecular formula is C26H23ClN4OS2. The van der Waals surface area contributed by atoms with Crippen LogP contribution in [0.5, 0.6) is 0 Å². The average molecular weight is 507 g/mol. The third kappa shape index (κ3) is 3.80. The lowest BCUT2D eigenvalue weighted by molar-refractivity contribution is -0.124. The predicted molar refractivity (Wildman–Crippen MR) is 143 cm³/mol. The Labute approximate surface area is 212 Å². The number of aliphatic imine (C=N–C) groups is 1. The summed E-state index contributed by atoms with van der Waals surface area (Å²) < 4.78 is 0. The molecule has 3 aromatic rings. The largest absolute Gasteiger partial charge is 0.337 e. The number of amides is 1. The summed E-state index contributed by atoms with van der Waals surface area (Å²) in [5.41, 5.74) is 2.78. The third-order valence-corrected chi connectivity index (χ3v) is 9.22. The van der Waals surface area contributed by atoms with E-state index in [0.29, 0.717) is 5.02 Å². The van der Waals surface area contributed by atoms with Crippen molar-refractivity contribution in [3.63, 3.8) is 0 Å². The molecule has 0 unspecified atom stereocenters. The van der Waals surface area contributed by atoms with Crippen LogP contribution in [0.4, 0.5) is 11.4 Å². The molecule has 34 heavy (non-hydrogen) atoms. The number of thioether (sulfide) groups is 2. The molecule has 1 aliphatic carbocycles. The van der Waals surface area contributed by atoms with Gasteiger partial charge in [0.15, 0.2) is 5.17 Å². The van der Waals surface area contributed by atoms with E-state index in [-0.39, 0.29) is 11.9 Å². The molecular weight excluding hydrogens is 484 g/mol. The molecule has 1 amide bonds. The Balaban J connectivity index is 1.45. The van der Waals surface area contributed by atoms with Crippen LogP contribution in [-0.4, -0.2) is 34.0 Å². The zero-order chi connectivity index (χ0) is 23.2. The number of rotatable bonds is 2. The van der Waals surface area contributed by atoms with Crippen molar-refractivity contribution in [2.24, 2.45) is 4.99 Å². The number of amidine groups is 1. The lowest BCUT2D eigenvalue weighted by Crippen LogP contribution is -2.40. The van der Waals surface area contributed by atoms with E-state index in [1.807, 2.05) is 60.5 Å². The minimum atomic E-state index is 0.0577. The van der Waals surface area contributed by atoms with E-state index in [1.165, 1.54) is 18.2 Å². The van der Waals surface area contributed by atoms with Crippen molar-refractivity contribution in [2.75, 3.05) is 11.9 Å². The van der Waals surface area contributed by atoms with Crippen molar-refractivity contribution in [1.82, 2.24) is 9.88 Å². The van der Waals surface area contributed by atoms with E-state index in [1.54, 1.807) is 18.0 Å². The molecule has 8 heteroatoms. The maximum absolute atomic E-state index is 13.9. The maximum atomic E-state index is 13.9. The van der Waals surface area contributed by atoms with Gasteiger partial charge in [-0.2, -0.15) is 0 Å². The number of fused-ring (bicyclic) bond motifs is 2. The Bertz CT molecular complexity index is 1360. The van der Waals surface area contributed by atoms with Crippen LogP contribution in [0.3, 0.4) is 0 Å². The smallest absolute Gasteiger partial charge is 0.269 e. The second kappa shape index (κ2) is 8.95. The van der Waals surface area contributed by atoms with Gasteiger partial charge in [0.1, 0.15) is 4.91 Å². The molecule has 2 aliphatic heterocycles. The van der Waals surface area contributed by atoms with Crippen molar-refractivity contribution < 1.29 is 4.79 Å². The van der Waals surface area contributed by atoms with Gasteiger partial charge in [0, 0.05) is 34.6 Å². The van der Waals surface area contributed by atoms with Crippen LogP contribution in [-0.2, 0) is 4.79 Å². The number of carbonyl (C=O) groups is 1. The van der Waals surface area contributed by atoms with E-state index < -0.39 is 0 Å². The van der Waals surface area contributed by atoms with Crippen molar-refractivity contribution in [3.05, 3.63) is 69.7 Å². The van der Waals surface area contributed by atoms with Crippen LogP contribution in [0, 0.1) is 0 Å². The molecule has 1 aromatic heterocycles. The number of carbonyl (C=O) groups excluding carboxylic acids is 1. The maximum Gasteiger partial charge on any atom is 0.269 e. The fraction of sp³-hybridized carbons (Fsp3) is 0.269. The summed E-state index contributed by atoms with van der Waals surface area (Å²) >= 11 is 9.37. The zero-order valence-electron chi connectivity index (χ0n) is 18.7. The molecule has 1 saturated carbocycles. The number of benzene rings is 2. The minimum absolute atomic E-state index is 0.0577. The number of hydrogen-bond acceptors (Lipinski definition) is 6. The summed E-state index contributed by atoms with van der Waals surface area (Å²) in [4.78, 5) is 29.3. The van der Waals surface area contributed by atoms with Crippen molar-refractivity contribution >= 4 is 68.5 Å². The van der Waals surface area contributed by atoms with Gasteiger partial charge in [0.25, 0.3) is 5.91 Å². The fourth-order valence-corrected chi connectivity index (χ4v) is 7.40. The molecule has 3 heterocycles. The number of pyridine rings is 1. The minimum Gasteiger partial charge on any atom is -0.337 e. The zero-order valence-corrected chi connectivity index (χ0v) is 21.1. The van der Waals surface area contributed by atoms with Gasteiger partial charge in [-0.1, -0.05) is 48.7 Å². The van der Waals surface area contributed by atoms with Gasteiger partial charge in [-0.3, -0.25) is 14.7 Å². The Kier molecular flexibility index (Phi) is 5.79. The number of nitrogens with zero attached hydrogens (tertiary/aromatic N) is 4. The molecule has 1 saturated heterocycles. The Hall–Kier alpha value is -2.48. The number of hydrogen-bond donors (Lipinski definition) is 0. The second-order valence-electron chi connectivity index (χ2n) is 8.72. The third-order valence-electron chi connectivity index (χ3n) is 6.58. The first-order valence-corrected chi connectivity index (χ1v) is 13.5. The summed E-state index contributed by atoms with van der Waals surface area (Å²) in [6, 6.07) is 16.0. The highest BCUT2D eigenvalue weighted by Gasteiger charge is 2.42. The molecule has 2 fully saturated rings. The molecule has 172 valence electrons. The van der Waals surface area contributed by atoms with Crippen LogP contribution >= 0.6 is 35.1 Å². The first-order chi connectivity index (χ1) is 16.6. The molecule has 2 aromatic carbocycles. The van der Waals surface area contributed by atoms with Crippen LogP contribution in [0.2, 0.25) is 5.02 Å². The lowest BCUT2D eigenvalue weighted by atomic mass is 9.94. The average Bonchev–Trinajstić information content (AvgIpc) is 3.35. The Morgan fingerprint density at radius 1 is 1.06 bits per heavy atom. The SMILES string of the molecule is CN1/C(=C2/SC(=Nc3cccc4ncccc34)N(C3CCCCC3)C2=O)Sc2ccc(Cl)cc21. The van der Waals surface area contributed by atoms with E-state index in [2.05, 4.69) is 9.88 Å². The van der Waals surface area contributed by atoms with Gasteiger partial charge >= 0.3 is 0 Å². The van der Waals surface area contributed by atoms with Crippen LogP contribution < -0.4 is 4.90 Å². The molecule has 0 N–H and O–H groups in total. The lowest BCUT2D eigenvalue weighted by Gasteiger charge is -2.30. The summed E-state index contributed by atoms with van der Waals surface area (Å²) in [5, 5.41) is 3.39. The van der Waals surface area contributed by atoms with Crippen LogP contribution in [0.15, 0.2) is 74.5 Å². The predicted octanol–water partition coefficient (Wildman–Crippen LogP) is 7.20. The highest BCUT2D eigenvalue weighted by molar-refractivity contribution is 8.19. The van der Waals surface area contributed by atoms with Crippen molar-refractivity contribution in [2.45, 2.75) is 43.0 Å². The monoisotopic (exact) mass is 506 g/mol. The highest BCUT2D eigenvalue weighted by atomic mass is 35.5. The normalized spacial score (nSPS) is 22.3.